The van der Waals surface area contributed by atoms with Gasteiger partial charge in [-0.2, -0.15) is 13.2 Å². The first-order valence-corrected chi connectivity index (χ1v) is 9.71. The fraction of sp³-hybridized carbons (Fsp3) is 0.286. The molecule has 4 rings (SSSR count). The molecule has 1 unspecified atom stereocenters. The summed E-state index contributed by atoms with van der Waals surface area (Å²) in [5.41, 5.74) is 0.248. The van der Waals surface area contributed by atoms with E-state index in [2.05, 4.69) is 10.3 Å². The Labute approximate surface area is 179 Å². The molecule has 0 radical (unpaired) electrons. The maximum absolute atomic E-state index is 13.5. The van der Waals surface area contributed by atoms with Crippen LogP contribution in [0.25, 0.3) is 0 Å². The highest BCUT2D eigenvalue weighted by atomic mass is 19.4. The van der Waals surface area contributed by atoms with E-state index in [4.69, 9.17) is 0 Å². The zero-order chi connectivity index (χ0) is 23.0. The van der Waals surface area contributed by atoms with Crippen molar-refractivity contribution in [1.29, 1.82) is 0 Å². The first-order valence-electron chi connectivity index (χ1n) is 9.71. The summed E-state index contributed by atoms with van der Waals surface area (Å²) in [7, 11) is 0. The number of nitrogens with zero attached hydrogens (tertiary/aromatic N) is 2. The molecule has 2 aliphatic rings. The Bertz CT molecular complexity index is 1100. The molecule has 0 aliphatic carbocycles. The lowest BCUT2D eigenvalue weighted by molar-refractivity contribution is -0.156. The van der Waals surface area contributed by atoms with E-state index in [1.165, 1.54) is 41.4 Å². The number of carbonyl (C=O) groups excluding carboxylic acids is 4. The van der Waals surface area contributed by atoms with Crippen LogP contribution < -0.4 is 10.6 Å². The van der Waals surface area contributed by atoms with Gasteiger partial charge >= 0.3 is 6.18 Å². The summed E-state index contributed by atoms with van der Waals surface area (Å²) < 4.78 is 40.5. The number of alkyl halides is 3. The van der Waals surface area contributed by atoms with Crippen LogP contribution in [0.3, 0.4) is 0 Å². The van der Waals surface area contributed by atoms with Crippen LogP contribution in [0.2, 0.25) is 0 Å². The topological polar surface area (TPSA) is 108 Å². The summed E-state index contributed by atoms with van der Waals surface area (Å²) in [5, 5.41) is 4.14. The monoisotopic (exact) mass is 446 g/mol. The molecular formula is C21H17F3N4O4. The summed E-state index contributed by atoms with van der Waals surface area (Å²) in [4.78, 5) is 53.7. The Balaban J connectivity index is 1.54. The number of pyridine rings is 1. The number of piperidine rings is 1. The molecule has 166 valence electrons. The van der Waals surface area contributed by atoms with Crippen molar-refractivity contribution in [3.8, 4) is 0 Å². The van der Waals surface area contributed by atoms with Crippen LogP contribution in [-0.4, -0.2) is 45.7 Å². The smallest absolute Gasteiger partial charge is 0.335 e. The number of carbonyl (C=O) groups is 4. The summed E-state index contributed by atoms with van der Waals surface area (Å²) in [6.07, 6.45) is -3.30. The SMILES string of the molecule is O=C1CCC(N2Cc3cc(C(=O)N[C@H](c4ccccn4)C(F)(F)F)ccc3C2=O)C(=O)N1. The molecule has 1 aromatic carbocycles. The van der Waals surface area contributed by atoms with Gasteiger partial charge in [0.05, 0.1) is 5.69 Å². The zero-order valence-electron chi connectivity index (χ0n) is 16.5. The van der Waals surface area contributed by atoms with Crippen molar-refractivity contribution in [2.75, 3.05) is 0 Å². The van der Waals surface area contributed by atoms with Crippen LogP contribution in [0, 0.1) is 0 Å². The third kappa shape index (κ3) is 4.05. The van der Waals surface area contributed by atoms with Gasteiger partial charge in [-0.15, -0.1) is 0 Å². The van der Waals surface area contributed by atoms with E-state index in [0.717, 1.165) is 6.07 Å². The minimum Gasteiger partial charge on any atom is -0.335 e. The van der Waals surface area contributed by atoms with Gasteiger partial charge < -0.3 is 10.2 Å². The number of hydrogen-bond donors (Lipinski definition) is 2. The van der Waals surface area contributed by atoms with Crippen molar-refractivity contribution in [3.05, 3.63) is 65.0 Å². The van der Waals surface area contributed by atoms with Crippen molar-refractivity contribution < 1.29 is 32.3 Å². The summed E-state index contributed by atoms with van der Waals surface area (Å²) in [5.74, 6) is -2.42. The fourth-order valence-electron chi connectivity index (χ4n) is 3.80. The van der Waals surface area contributed by atoms with Gasteiger partial charge in [-0.1, -0.05) is 6.07 Å². The van der Waals surface area contributed by atoms with Crippen LogP contribution in [0.15, 0.2) is 42.6 Å². The molecule has 0 saturated carbocycles. The van der Waals surface area contributed by atoms with E-state index >= 15 is 0 Å². The molecule has 2 atom stereocenters. The molecular weight excluding hydrogens is 429 g/mol. The standard InChI is InChI=1S/C21H17F3N4O4/c22-21(23,24)17(14-3-1-2-8-25-14)27-18(30)11-4-5-13-12(9-11)10-28(20(13)32)15-6-7-16(29)26-19(15)31/h1-5,8-9,15,17H,6-7,10H2,(H,27,30)(H,26,29,31)/t15?,17-/m1/s1. The summed E-state index contributed by atoms with van der Waals surface area (Å²) in [6, 6.07) is 4.82. The lowest BCUT2D eigenvalue weighted by atomic mass is 10.0. The Morgan fingerprint density at radius 2 is 1.97 bits per heavy atom. The number of fused-ring (bicyclic) bond motifs is 1. The van der Waals surface area contributed by atoms with Gasteiger partial charge in [0.25, 0.3) is 11.8 Å². The molecule has 2 aliphatic heterocycles. The normalized spacial score (nSPS) is 19.4. The lowest BCUT2D eigenvalue weighted by Crippen LogP contribution is -2.52. The van der Waals surface area contributed by atoms with Gasteiger partial charge in [-0.3, -0.25) is 29.5 Å². The number of amides is 4. The lowest BCUT2D eigenvalue weighted by Gasteiger charge is -2.29. The largest absolute Gasteiger partial charge is 0.414 e. The van der Waals surface area contributed by atoms with Gasteiger partial charge in [0, 0.05) is 30.3 Å². The van der Waals surface area contributed by atoms with E-state index < -0.39 is 41.9 Å². The Morgan fingerprint density at radius 3 is 2.62 bits per heavy atom. The maximum Gasteiger partial charge on any atom is 0.414 e. The molecule has 1 aromatic heterocycles. The molecule has 1 saturated heterocycles. The Kier molecular flexibility index (Phi) is 5.41. The molecule has 2 aromatic rings. The van der Waals surface area contributed by atoms with Gasteiger partial charge in [-0.05, 0) is 42.3 Å². The summed E-state index contributed by atoms with van der Waals surface area (Å²) >= 11 is 0. The second kappa shape index (κ2) is 8.06. The van der Waals surface area contributed by atoms with E-state index in [9.17, 15) is 32.3 Å². The third-order valence-electron chi connectivity index (χ3n) is 5.37. The van der Waals surface area contributed by atoms with Crippen molar-refractivity contribution in [2.24, 2.45) is 0 Å². The van der Waals surface area contributed by atoms with Crippen LogP contribution in [0.4, 0.5) is 13.2 Å². The Hall–Kier alpha value is -3.76. The maximum atomic E-state index is 13.5. The van der Waals surface area contributed by atoms with Crippen LogP contribution in [0.5, 0.6) is 0 Å². The van der Waals surface area contributed by atoms with Crippen molar-refractivity contribution >= 4 is 23.6 Å². The first kappa shape index (κ1) is 21.5. The summed E-state index contributed by atoms with van der Waals surface area (Å²) in [6.45, 7) is 0.00447. The van der Waals surface area contributed by atoms with Crippen molar-refractivity contribution in [2.45, 2.75) is 37.6 Å². The average molecular weight is 446 g/mol. The van der Waals surface area contributed by atoms with E-state index in [1.807, 2.05) is 5.32 Å². The van der Waals surface area contributed by atoms with Crippen LogP contribution in [0.1, 0.15) is 50.9 Å². The number of halogens is 3. The molecule has 0 spiro atoms. The molecule has 32 heavy (non-hydrogen) atoms. The molecule has 1 fully saturated rings. The zero-order valence-corrected chi connectivity index (χ0v) is 16.5. The van der Waals surface area contributed by atoms with Gasteiger partial charge in [0.1, 0.15) is 6.04 Å². The number of hydrogen-bond acceptors (Lipinski definition) is 5. The quantitative estimate of drug-likeness (QED) is 0.698. The predicted molar refractivity (Wildman–Crippen MR) is 103 cm³/mol. The van der Waals surface area contributed by atoms with Crippen LogP contribution >= 0.6 is 0 Å². The molecule has 4 amide bonds. The first-order chi connectivity index (χ1) is 15.1. The number of nitrogens with one attached hydrogen (secondary N) is 2. The van der Waals surface area contributed by atoms with Gasteiger partial charge in [0.15, 0.2) is 6.04 Å². The molecule has 8 nitrogen and oxygen atoms in total. The number of rotatable bonds is 4. The minimum atomic E-state index is -4.76. The van der Waals surface area contributed by atoms with Crippen molar-refractivity contribution in [1.82, 2.24) is 20.5 Å². The molecule has 0 bridgehead atoms. The number of imide groups is 1. The third-order valence-corrected chi connectivity index (χ3v) is 5.37. The highest BCUT2D eigenvalue weighted by Crippen LogP contribution is 2.32. The number of benzene rings is 1. The molecule has 3 heterocycles. The van der Waals surface area contributed by atoms with Gasteiger partial charge in [0.2, 0.25) is 11.8 Å². The fourth-order valence-corrected chi connectivity index (χ4v) is 3.80. The predicted octanol–water partition coefficient (Wildman–Crippen LogP) is 1.88. The van der Waals surface area contributed by atoms with E-state index in [-0.39, 0.29) is 36.2 Å². The Morgan fingerprint density at radius 1 is 1.19 bits per heavy atom. The molecule has 2 N–H and O–H groups in total. The number of aromatic nitrogens is 1. The average Bonchev–Trinajstić information content (AvgIpc) is 3.07. The van der Waals surface area contributed by atoms with E-state index in [1.54, 1.807) is 0 Å². The molecule has 11 heteroatoms. The van der Waals surface area contributed by atoms with Gasteiger partial charge in [-0.25, -0.2) is 0 Å². The van der Waals surface area contributed by atoms with Crippen molar-refractivity contribution in [3.63, 3.8) is 0 Å². The van der Waals surface area contributed by atoms with Crippen LogP contribution in [-0.2, 0) is 16.1 Å². The highest BCUT2D eigenvalue weighted by molar-refractivity contribution is 6.06. The minimum absolute atomic E-state index is 0.00447. The van der Waals surface area contributed by atoms with E-state index in [0.29, 0.717) is 5.56 Å². The highest BCUT2D eigenvalue weighted by Gasteiger charge is 2.43. The second-order valence-corrected chi connectivity index (χ2v) is 7.47. The second-order valence-electron chi connectivity index (χ2n) is 7.47.